The monoisotopic (exact) mass is 425 g/mol. The summed E-state index contributed by atoms with van der Waals surface area (Å²) in [5, 5.41) is 2.16. The van der Waals surface area contributed by atoms with Gasteiger partial charge in [0.1, 0.15) is 10.8 Å². The number of carbonyl (C=O) groups excluding carboxylic acids is 1. The van der Waals surface area contributed by atoms with Crippen molar-refractivity contribution in [1.82, 2.24) is 14.8 Å². The van der Waals surface area contributed by atoms with Gasteiger partial charge in [-0.05, 0) is 37.5 Å². The average molecular weight is 426 g/mol. The average Bonchev–Trinajstić information content (AvgIpc) is 3.23. The zero-order valence-electron chi connectivity index (χ0n) is 14.9. The number of thiazole rings is 1. The number of fused-ring (bicyclic) bond motifs is 1. The molecule has 0 saturated carbocycles. The number of carbonyl (C=O) groups is 1. The first-order valence-electron chi connectivity index (χ1n) is 9.14. The van der Waals surface area contributed by atoms with Crippen molar-refractivity contribution < 1.29 is 9.53 Å². The molecule has 0 radical (unpaired) electrons. The Labute approximate surface area is 172 Å². The van der Waals surface area contributed by atoms with E-state index in [2.05, 4.69) is 4.90 Å². The van der Waals surface area contributed by atoms with Gasteiger partial charge in [0.2, 0.25) is 0 Å². The van der Waals surface area contributed by atoms with E-state index in [1.165, 1.54) is 28.4 Å². The maximum absolute atomic E-state index is 12.4. The molecule has 2 aromatic rings. The minimum Gasteiger partial charge on any atom is -0.482 e. The molecule has 27 heavy (non-hydrogen) atoms. The molecule has 4 rings (SSSR count). The van der Waals surface area contributed by atoms with Gasteiger partial charge in [-0.1, -0.05) is 23.2 Å². The van der Waals surface area contributed by atoms with E-state index in [1.54, 1.807) is 18.2 Å². The highest BCUT2D eigenvalue weighted by Gasteiger charge is 2.23. The SMILES string of the molecule is O=C(COc1ccc(Cl)cc1Cl)N1CCN(Cc2nc3c(s2)CCC3)CC1. The molecule has 0 unspecified atom stereocenters. The molecule has 1 aliphatic heterocycles. The standard InChI is InChI=1S/C19H21Cl2N3O2S/c20-13-4-5-16(14(21)10-13)26-12-19(25)24-8-6-23(7-9-24)11-18-22-15-2-1-3-17(15)27-18/h4-5,10H,1-3,6-9,11-12H2. The van der Waals surface area contributed by atoms with Crippen LogP contribution in [-0.2, 0) is 24.2 Å². The normalized spacial score (nSPS) is 17.2. The van der Waals surface area contributed by atoms with E-state index in [0.29, 0.717) is 28.9 Å². The first-order chi connectivity index (χ1) is 13.1. The number of nitrogens with zero attached hydrogens (tertiary/aromatic N) is 3. The van der Waals surface area contributed by atoms with Crippen LogP contribution in [0.3, 0.4) is 0 Å². The van der Waals surface area contributed by atoms with E-state index < -0.39 is 0 Å². The Morgan fingerprint density at radius 3 is 2.74 bits per heavy atom. The number of halogens is 2. The number of piperazine rings is 1. The molecule has 2 heterocycles. The highest BCUT2D eigenvalue weighted by molar-refractivity contribution is 7.11. The lowest BCUT2D eigenvalue weighted by Crippen LogP contribution is -2.49. The molecule has 1 aromatic carbocycles. The highest BCUT2D eigenvalue weighted by Crippen LogP contribution is 2.29. The third-order valence-electron chi connectivity index (χ3n) is 4.97. The molecule has 0 spiro atoms. The molecule has 1 aliphatic carbocycles. The largest absolute Gasteiger partial charge is 0.482 e. The lowest BCUT2D eigenvalue weighted by molar-refractivity contribution is -0.135. The van der Waals surface area contributed by atoms with Crippen LogP contribution >= 0.6 is 34.5 Å². The Balaban J connectivity index is 1.24. The number of aromatic nitrogens is 1. The van der Waals surface area contributed by atoms with E-state index in [-0.39, 0.29) is 12.5 Å². The predicted molar refractivity (Wildman–Crippen MR) is 108 cm³/mol. The molecule has 144 valence electrons. The summed E-state index contributed by atoms with van der Waals surface area (Å²) in [4.78, 5) is 22.9. The van der Waals surface area contributed by atoms with Crippen molar-refractivity contribution >= 4 is 40.4 Å². The fourth-order valence-electron chi connectivity index (χ4n) is 3.48. The Bertz CT molecular complexity index is 813. The van der Waals surface area contributed by atoms with Crippen LogP contribution in [0.5, 0.6) is 5.75 Å². The van der Waals surface area contributed by atoms with Crippen molar-refractivity contribution in [3.63, 3.8) is 0 Å². The molecule has 1 aromatic heterocycles. The zero-order valence-corrected chi connectivity index (χ0v) is 17.2. The van der Waals surface area contributed by atoms with Crippen molar-refractivity contribution in [2.75, 3.05) is 32.8 Å². The van der Waals surface area contributed by atoms with Gasteiger partial charge in [0.15, 0.2) is 6.61 Å². The Morgan fingerprint density at radius 1 is 1.19 bits per heavy atom. The third-order valence-corrected chi connectivity index (χ3v) is 6.64. The minimum atomic E-state index is -0.0195. The van der Waals surface area contributed by atoms with Crippen LogP contribution in [0.25, 0.3) is 0 Å². The van der Waals surface area contributed by atoms with Crippen LogP contribution in [0.4, 0.5) is 0 Å². The van der Waals surface area contributed by atoms with E-state index in [9.17, 15) is 4.79 Å². The smallest absolute Gasteiger partial charge is 0.260 e. The van der Waals surface area contributed by atoms with Gasteiger partial charge in [-0.3, -0.25) is 9.69 Å². The van der Waals surface area contributed by atoms with Gasteiger partial charge in [0.05, 0.1) is 17.3 Å². The lowest BCUT2D eigenvalue weighted by Gasteiger charge is -2.34. The molecule has 0 atom stereocenters. The Kier molecular flexibility index (Phi) is 5.88. The van der Waals surface area contributed by atoms with Gasteiger partial charge in [-0.2, -0.15) is 0 Å². The summed E-state index contributed by atoms with van der Waals surface area (Å²) in [6.45, 7) is 4.01. The van der Waals surface area contributed by atoms with Gasteiger partial charge in [-0.25, -0.2) is 4.98 Å². The summed E-state index contributed by atoms with van der Waals surface area (Å²) < 4.78 is 5.56. The quantitative estimate of drug-likeness (QED) is 0.732. The van der Waals surface area contributed by atoms with Crippen LogP contribution in [0.1, 0.15) is 22.0 Å². The molecule has 8 heteroatoms. The maximum atomic E-state index is 12.4. The Hall–Kier alpha value is -1.34. The van der Waals surface area contributed by atoms with Crippen molar-refractivity contribution in [2.24, 2.45) is 0 Å². The molecule has 1 amide bonds. The number of ether oxygens (including phenoxy) is 1. The molecular formula is C19H21Cl2N3O2S. The number of rotatable bonds is 5. The fraction of sp³-hybridized carbons (Fsp3) is 0.474. The van der Waals surface area contributed by atoms with Gasteiger partial charge in [0, 0.05) is 36.1 Å². The summed E-state index contributed by atoms with van der Waals surface area (Å²) in [5.74, 6) is 0.457. The first-order valence-corrected chi connectivity index (χ1v) is 10.7. The second-order valence-corrected chi connectivity index (χ2v) is 8.86. The van der Waals surface area contributed by atoms with E-state index in [4.69, 9.17) is 32.9 Å². The van der Waals surface area contributed by atoms with Gasteiger partial charge in [-0.15, -0.1) is 11.3 Å². The van der Waals surface area contributed by atoms with Crippen molar-refractivity contribution in [1.29, 1.82) is 0 Å². The second-order valence-electron chi connectivity index (χ2n) is 6.85. The maximum Gasteiger partial charge on any atom is 0.260 e. The molecule has 2 aliphatic rings. The highest BCUT2D eigenvalue weighted by atomic mass is 35.5. The first kappa shape index (κ1) is 19.0. The summed E-state index contributed by atoms with van der Waals surface area (Å²) in [7, 11) is 0. The molecule has 1 fully saturated rings. The molecule has 0 bridgehead atoms. The molecule has 0 N–H and O–H groups in total. The van der Waals surface area contributed by atoms with E-state index >= 15 is 0 Å². The van der Waals surface area contributed by atoms with Crippen LogP contribution in [0.15, 0.2) is 18.2 Å². The summed E-state index contributed by atoms with van der Waals surface area (Å²) >= 11 is 13.8. The number of hydrogen-bond acceptors (Lipinski definition) is 5. The van der Waals surface area contributed by atoms with Crippen LogP contribution in [0.2, 0.25) is 10.0 Å². The van der Waals surface area contributed by atoms with Crippen molar-refractivity contribution in [3.05, 3.63) is 43.8 Å². The topological polar surface area (TPSA) is 45.7 Å². The predicted octanol–water partition coefficient (Wildman–Crippen LogP) is 3.66. The second kappa shape index (κ2) is 8.35. The van der Waals surface area contributed by atoms with Gasteiger partial charge in [0.25, 0.3) is 5.91 Å². The minimum absolute atomic E-state index is 0.0133. The lowest BCUT2D eigenvalue weighted by atomic mass is 10.3. The molecule has 5 nitrogen and oxygen atoms in total. The number of amides is 1. The van der Waals surface area contributed by atoms with Gasteiger partial charge < -0.3 is 9.64 Å². The number of benzene rings is 1. The third kappa shape index (κ3) is 4.57. The zero-order chi connectivity index (χ0) is 18.8. The molecule has 1 saturated heterocycles. The van der Waals surface area contributed by atoms with Crippen LogP contribution in [-0.4, -0.2) is 53.5 Å². The summed E-state index contributed by atoms with van der Waals surface area (Å²) in [6, 6.07) is 4.98. The van der Waals surface area contributed by atoms with Gasteiger partial charge >= 0.3 is 0 Å². The van der Waals surface area contributed by atoms with Crippen molar-refractivity contribution in [2.45, 2.75) is 25.8 Å². The van der Waals surface area contributed by atoms with E-state index in [1.807, 2.05) is 16.2 Å². The van der Waals surface area contributed by atoms with Crippen LogP contribution in [0, 0.1) is 0 Å². The summed E-state index contributed by atoms with van der Waals surface area (Å²) in [5.41, 5.74) is 1.31. The molecular weight excluding hydrogens is 405 g/mol. The van der Waals surface area contributed by atoms with Crippen molar-refractivity contribution in [3.8, 4) is 5.75 Å². The van der Waals surface area contributed by atoms with E-state index in [0.717, 1.165) is 26.1 Å². The number of aryl methyl sites for hydroxylation is 2. The summed E-state index contributed by atoms with van der Waals surface area (Å²) in [6.07, 6.45) is 3.57. The number of hydrogen-bond donors (Lipinski definition) is 0. The fourth-order valence-corrected chi connectivity index (χ4v) is 5.14. The Morgan fingerprint density at radius 2 is 2.00 bits per heavy atom. The van der Waals surface area contributed by atoms with Crippen LogP contribution < -0.4 is 4.74 Å².